The fraction of sp³-hybridized carbons (Fsp3) is 0.625. The molecule has 2 aromatic rings. The second kappa shape index (κ2) is 14.7. The van der Waals surface area contributed by atoms with Crippen molar-refractivity contribution in [2.45, 2.75) is 77.8 Å². The highest BCUT2D eigenvalue weighted by Gasteiger charge is 2.39. The van der Waals surface area contributed by atoms with Crippen LogP contribution in [0.25, 0.3) is 0 Å². The first-order chi connectivity index (χ1) is 18.4. The Morgan fingerprint density at radius 2 is 1.40 bits per heavy atom. The summed E-state index contributed by atoms with van der Waals surface area (Å²) in [5.74, 6) is -2.23. The molecule has 40 heavy (non-hydrogen) atoms. The molecule has 1 unspecified atom stereocenters. The number of rotatable bonds is 6. The normalized spacial score (nSPS) is 15.0. The van der Waals surface area contributed by atoms with Crippen LogP contribution in [-0.4, -0.2) is 77.5 Å². The van der Waals surface area contributed by atoms with E-state index < -0.39 is 24.3 Å². The van der Waals surface area contributed by atoms with Gasteiger partial charge in [0.1, 0.15) is 17.7 Å². The number of aromatic nitrogens is 4. The van der Waals surface area contributed by atoms with Gasteiger partial charge in [-0.2, -0.15) is 26.3 Å². The van der Waals surface area contributed by atoms with Crippen LogP contribution in [0.15, 0.2) is 24.8 Å². The third-order valence-corrected chi connectivity index (χ3v) is 6.10. The average molecular weight is 586 g/mol. The Hall–Kier alpha value is -3.59. The van der Waals surface area contributed by atoms with Gasteiger partial charge in [-0.1, -0.05) is 13.8 Å². The van der Waals surface area contributed by atoms with Crippen LogP contribution in [0, 0.1) is 12.8 Å². The lowest BCUT2D eigenvalue weighted by Gasteiger charge is -2.34. The first-order valence-corrected chi connectivity index (χ1v) is 12.3. The van der Waals surface area contributed by atoms with Crippen molar-refractivity contribution in [2.75, 3.05) is 13.1 Å². The van der Waals surface area contributed by atoms with Crippen molar-refractivity contribution in [3.05, 3.63) is 36.4 Å². The molecular formula is C24H33F6N5O5. The van der Waals surface area contributed by atoms with Crippen molar-refractivity contribution in [3.63, 3.8) is 0 Å². The molecular weight excluding hydrogens is 552 g/mol. The second-order valence-corrected chi connectivity index (χ2v) is 9.35. The Morgan fingerprint density at radius 1 is 0.925 bits per heavy atom. The zero-order chi connectivity index (χ0) is 30.8. The van der Waals surface area contributed by atoms with Crippen molar-refractivity contribution in [1.82, 2.24) is 24.0 Å². The van der Waals surface area contributed by atoms with Gasteiger partial charge in [-0.15, -0.1) is 0 Å². The van der Waals surface area contributed by atoms with E-state index in [2.05, 4.69) is 28.4 Å². The summed E-state index contributed by atoms with van der Waals surface area (Å²) in [4.78, 5) is 41.5. The van der Waals surface area contributed by atoms with Gasteiger partial charge >= 0.3 is 24.3 Å². The van der Waals surface area contributed by atoms with Crippen LogP contribution in [-0.2, 0) is 20.9 Å². The van der Waals surface area contributed by atoms with E-state index in [-0.39, 0.29) is 11.9 Å². The van der Waals surface area contributed by atoms with Crippen LogP contribution in [0.4, 0.5) is 26.3 Å². The molecule has 1 aliphatic rings. The monoisotopic (exact) mass is 585 g/mol. The van der Waals surface area contributed by atoms with E-state index in [1.54, 1.807) is 6.20 Å². The number of amides is 1. The first kappa shape index (κ1) is 34.4. The molecule has 16 heteroatoms. The number of carboxylic acid groups (broad SMARTS) is 2. The molecule has 1 atom stereocenters. The number of aryl methyl sites for hydroxylation is 2. The third kappa shape index (κ3) is 10.9. The van der Waals surface area contributed by atoms with Crippen molar-refractivity contribution < 1.29 is 50.9 Å². The van der Waals surface area contributed by atoms with E-state index in [1.807, 2.05) is 41.9 Å². The summed E-state index contributed by atoms with van der Waals surface area (Å²) < 4.78 is 67.7. The molecule has 0 bridgehead atoms. The predicted molar refractivity (Wildman–Crippen MR) is 129 cm³/mol. The number of carbonyl (C=O) groups is 3. The number of carbonyl (C=O) groups excluding carboxylic acids is 1. The fourth-order valence-corrected chi connectivity index (χ4v) is 3.89. The lowest BCUT2D eigenvalue weighted by Crippen LogP contribution is -2.42. The zero-order valence-corrected chi connectivity index (χ0v) is 22.4. The minimum absolute atomic E-state index is 0.181. The maximum Gasteiger partial charge on any atom is 0.490 e. The molecule has 0 radical (unpaired) electrons. The van der Waals surface area contributed by atoms with Gasteiger partial charge in [0, 0.05) is 50.3 Å². The number of nitrogens with zero attached hydrogens (tertiary/aromatic N) is 5. The summed E-state index contributed by atoms with van der Waals surface area (Å²) >= 11 is 0. The van der Waals surface area contributed by atoms with Gasteiger partial charge in [-0.3, -0.25) is 4.79 Å². The van der Waals surface area contributed by atoms with Crippen molar-refractivity contribution in [3.8, 4) is 0 Å². The summed E-state index contributed by atoms with van der Waals surface area (Å²) in [5, 5.41) is 14.2. The molecule has 1 saturated heterocycles. The zero-order valence-electron chi connectivity index (χ0n) is 22.4. The van der Waals surface area contributed by atoms with Crippen LogP contribution >= 0.6 is 0 Å². The molecule has 3 heterocycles. The molecule has 0 saturated carbocycles. The van der Waals surface area contributed by atoms with Crippen LogP contribution in [0.3, 0.4) is 0 Å². The highest BCUT2D eigenvalue weighted by Crippen LogP contribution is 2.25. The van der Waals surface area contributed by atoms with E-state index in [0.29, 0.717) is 11.8 Å². The Kier molecular flexibility index (Phi) is 12.7. The van der Waals surface area contributed by atoms with Crippen LogP contribution in [0.1, 0.15) is 63.6 Å². The SMILES string of the molecule is Cc1nccn1CCC1CCN(C(=O)C(C)n2ccnc2C(C)C)CC1.O=C(O)C(F)(F)F.O=C(O)C(F)(F)F. The third-order valence-electron chi connectivity index (χ3n) is 6.10. The standard InChI is InChI=1S/C20H31N5O.2C2HF3O2/c1-15(2)19-22-9-14-25(19)16(3)20(26)24-11-6-18(7-12-24)5-10-23-13-8-21-17(23)4;2*3-2(4,5)1(6)7/h8-9,13-16,18H,5-7,10-12H2,1-4H3;2*(H,6,7). The minimum atomic E-state index is -5.08. The van der Waals surface area contributed by atoms with Crippen LogP contribution in [0.5, 0.6) is 0 Å². The summed E-state index contributed by atoms with van der Waals surface area (Å²) in [6.45, 7) is 11.0. The van der Waals surface area contributed by atoms with Crippen molar-refractivity contribution >= 4 is 17.8 Å². The predicted octanol–water partition coefficient (Wildman–Crippen LogP) is 4.67. The Labute approximate surface area is 226 Å². The molecule has 1 fully saturated rings. The van der Waals surface area contributed by atoms with Gasteiger partial charge in [-0.05, 0) is 39.0 Å². The minimum Gasteiger partial charge on any atom is -0.475 e. The molecule has 0 spiro atoms. The highest BCUT2D eigenvalue weighted by atomic mass is 19.4. The fourth-order valence-electron chi connectivity index (χ4n) is 3.89. The van der Waals surface area contributed by atoms with Gasteiger partial charge < -0.3 is 24.2 Å². The van der Waals surface area contributed by atoms with E-state index in [4.69, 9.17) is 19.8 Å². The largest absolute Gasteiger partial charge is 0.490 e. The molecule has 1 amide bonds. The number of halogens is 6. The van der Waals surface area contributed by atoms with Crippen molar-refractivity contribution in [1.29, 1.82) is 0 Å². The molecule has 0 aromatic carbocycles. The lowest BCUT2D eigenvalue weighted by molar-refractivity contribution is -0.193. The number of piperidine rings is 1. The molecule has 1 aliphatic heterocycles. The number of aliphatic carboxylic acids is 2. The number of hydrogen-bond donors (Lipinski definition) is 2. The Morgan fingerprint density at radius 3 is 1.80 bits per heavy atom. The Balaban J connectivity index is 0.000000473. The number of likely N-dealkylation sites (tertiary alicyclic amines) is 1. The van der Waals surface area contributed by atoms with Gasteiger partial charge in [0.2, 0.25) is 5.91 Å². The van der Waals surface area contributed by atoms with Crippen LogP contribution < -0.4 is 0 Å². The molecule has 2 N–H and O–H groups in total. The molecule has 3 rings (SSSR count). The summed E-state index contributed by atoms with van der Waals surface area (Å²) in [7, 11) is 0. The summed E-state index contributed by atoms with van der Waals surface area (Å²) in [5.41, 5.74) is 0. The second-order valence-electron chi connectivity index (χ2n) is 9.35. The molecule has 0 aliphatic carbocycles. The maximum absolute atomic E-state index is 12.9. The molecule has 226 valence electrons. The van der Waals surface area contributed by atoms with E-state index in [1.165, 1.54) is 0 Å². The van der Waals surface area contributed by atoms with Gasteiger partial charge in [0.05, 0.1) is 0 Å². The van der Waals surface area contributed by atoms with E-state index >= 15 is 0 Å². The Bertz CT molecular complexity index is 1080. The average Bonchev–Trinajstić information content (AvgIpc) is 3.51. The van der Waals surface area contributed by atoms with Crippen LogP contribution in [0.2, 0.25) is 0 Å². The number of alkyl halides is 6. The summed E-state index contributed by atoms with van der Waals surface area (Å²) in [6.07, 6.45) is 0.808. The summed E-state index contributed by atoms with van der Waals surface area (Å²) in [6, 6.07) is -0.181. The van der Waals surface area contributed by atoms with Gasteiger partial charge in [-0.25, -0.2) is 19.6 Å². The first-order valence-electron chi connectivity index (χ1n) is 12.3. The lowest BCUT2D eigenvalue weighted by atomic mass is 9.93. The van der Waals surface area contributed by atoms with E-state index in [0.717, 1.165) is 50.5 Å². The number of hydrogen-bond acceptors (Lipinski definition) is 5. The quantitative estimate of drug-likeness (QED) is 0.472. The van der Waals surface area contributed by atoms with E-state index in [9.17, 15) is 31.1 Å². The van der Waals surface area contributed by atoms with Gasteiger partial charge in [0.15, 0.2) is 0 Å². The number of carboxylic acids is 2. The maximum atomic E-state index is 12.9. The number of imidazole rings is 2. The molecule has 10 nitrogen and oxygen atoms in total. The highest BCUT2D eigenvalue weighted by molar-refractivity contribution is 5.80. The smallest absolute Gasteiger partial charge is 0.475 e. The van der Waals surface area contributed by atoms with Crippen molar-refractivity contribution in [2.24, 2.45) is 5.92 Å². The van der Waals surface area contributed by atoms with Gasteiger partial charge in [0.25, 0.3) is 0 Å². The topological polar surface area (TPSA) is 131 Å². The molecule has 2 aromatic heterocycles.